The van der Waals surface area contributed by atoms with Gasteiger partial charge in [-0.15, -0.1) is 0 Å². The Morgan fingerprint density at radius 2 is 2.00 bits per heavy atom. The molecule has 2 fully saturated rings. The van der Waals surface area contributed by atoms with E-state index in [4.69, 9.17) is 0 Å². The summed E-state index contributed by atoms with van der Waals surface area (Å²) in [4.78, 5) is 31.5. The van der Waals surface area contributed by atoms with Crippen LogP contribution >= 0.6 is 0 Å². The summed E-state index contributed by atoms with van der Waals surface area (Å²) >= 11 is 0. The Morgan fingerprint density at radius 3 is 2.73 bits per heavy atom. The van der Waals surface area contributed by atoms with Crippen LogP contribution in [0.3, 0.4) is 0 Å². The van der Waals surface area contributed by atoms with Crippen LogP contribution in [0, 0.1) is 11.8 Å². The van der Waals surface area contributed by atoms with E-state index in [0.29, 0.717) is 24.9 Å². The fourth-order valence-corrected chi connectivity index (χ4v) is 4.60. The van der Waals surface area contributed by atoms with Crippen molar-refractivity contribution in [3.63, 3.8) is 0 Å². The predicted octanol–water partition coefficient (Wildman–Crippen LogP) is 0.829. The molecule has 2 unspecified atom stereocenters. The van der Waals surface area contributed by atoms with Crippen molar-refractivity contribution in [3.05, 3.63) is 56.6 Å². The van der Waals surface area contributed by atoms with E-state index in [2.05, 4.69) is 21.0 Å². The largest absolute Gasteiger partial charge is 0.332 e. The summed E-state index contributed by atoms with van der Waals surface area (Å²) in [6, 6.07) is 4.05. The van der Waals surface area contributed by atoms with Gasteiger partial charge in [0.25, 0.3) is 0 Å². The number of aromatic nitrogens is 4. The van der Waals surface area contributed by atoms with Crippen LogP contribution < -0.4 is 11.1 Å². The second kappa shape index (κ2) is 6.16. The van der Waals surface area contributed by atoms with Gasteiger partial charge in [0, 0.05) is 57.0 Å². The molecule has 5 rings (SSSR count). The molecular weight excluding hydrogens is 330 g/mol. The minimum atomic E-state index is -0.451. The summed E-state index contributed by atoms with van der Waals surface area (Å²) in [7, 11) is 0. The average molecular weight is 353 g/mol. The normalized spacial score (nSPS) is 25.1. The van der Waals surface area contributed by atoms with Crippen LogP contribution in [0.1, 0.15) is 36.6 Å². The van der Waals surface area contributed by atoms with Crippen LogP contribution in [-0.4, -0.2) is 37.3 Å². The molecule has 0 spiro atoms. The summed E-state index contributed by atoms with van der Waals surface area (Å²) < 4.78 is 3.08. The average Bonchev–Trinajstić information content (AvgIpc) is 3.14. The van der Waals surface area contributed by atoms with Gasteiger partial charge in [0.05, 0.1) is 0 Å². The zero-order valence-electron chi connectivity index (χ0n) is 14.8. The summed E-state index contributed by atoms with van der Waals surface area (Å²) in [5, 5.41) is 4.65. The molecule has 1 saturated carbocycles. The van der Waals surface area contributed by atoms with E-state index >= 15 is 0 Å². The Hall–Kier alpha value is -2.28. The van der Waals surface area contributed by atoms with Gasteiger partial charge >= 0.3 is 11.1 Å². The second-order valence-corrected chi connectivity index (χ2v) is 7.98. The fourth-order valence-electron chi connectivity index (χ4n) is 4.60. The number of nitrogens with zero attached hydrogens (tertiary/aromatic N) is 5. The molecule has 0 N–H and O–H groups in total. The molecule has 2 aromatic rings. The van der Waals surface area contributed by atoms with Gasteiger partial charge in [-0.05, 0) is 30.4 Å². The molecular formula is C19H23N5O2. The van der Waals surface area contributed by atoms with Gasteiger partial charge in [-0.2, -0.15) is 5.10 Å². The van der Waals surface area contributed by atoms with Crippen molar-refractivity contribution < 1.29 is 0 Å². The van der Waals surface area contributed by atoms with E-state index in [1.807, 2.05) is 12.3 Å². The van der Waals surface area contributed by atoms with Gasteiger partial charge in [-0.3, -0.25) is 24.0 Å². The summed E-state index contributed by atoms with van der Waals surface area (Å²) in [6.45, 7) is 3.90. The van der Waals surface area contributed by atoms with Crippen molar-refractivity contribution in [2.24, 2.45) is 11.8 Å². The zero-order chi connectivity index (χ0) is 17.7. The molecule has 0 aromatic carbocycles. The first kappa shape index (κ1) is 15.9. The highest BCUT2D eigenvalue weighted by Gasteiger charge is 2.42. The smallest absolute Gasteiger partial charge is 0.298 e. The monoisotopic (exact) mass is 353 g/mol. The molecule has 7 nitrogen and oxygen atoms in total. The van der Waals surface area contributed by atoms with Gasteiger partial charge < -0.3 is 0 Å². The molecule has 26 heavy (non-hydrogen) atoms. The van der Waals surface area contributed by atoms with Gasteiger partial charge in [0.15, 0.2) is 0 Å². The number of hydrogen-bond acceptors (Lipinski definition) is 5. The minimum Gasteiger partial charge on any atom is -0.298 e. The molecule has 1 saturated heterocycles. The summed E-state index contributed by atoms with van der Waals surface area (Å²) in [5.74, 6) is 1.93. The number of fused-ring (bicyclic) bond motifs is 3. The predicted molar refractivity (Wildman–Crippen MR) is 95.8 cm³/mol. The maximum Gasteiger partial charge on any atom is 0.332 e. The third-order valence-corrected chi connectivity index (χ3v) is 6.21. The first-order valence-corrected chi connectivity index (χ1v) is 9.52. The molecule has 2 aromatic heterocycles. The molecule has 2 atom stereocenters. The van der Waals surface area contributed by atoms with Crippen LogP contribution in [0.4, 0.5) is 0 Å². The summed E-state index contributed by atoms with van der Waals surface area (Å²) in [5.41, 5.74) is 0.364. The van der Waals surface area contributed by atoms with Gasteiger partial charge in [0.1, 0.15) is 5.82 Å². The highest BCUT2D eigenvalue weighted by molar-refractivity contribution is 5.14. The van der Waals surface area contributed by atoms with Crippen molar-refractivity contribution in [3.8, 4) is 0 Å². The highest BCUT2D eigenvalue weighted by Crippen LogP contribution is 2.37. The minimum absolute atomic E-state index is 0.243. The molecule has 0 radical (unpaired) electrons. The Kier molecular flexibility index (Phi) is 3.77. The van der Waals surface area contributed by atoms with Crippen molar-refractivity contribution in [2.45, 2.75) is 44.8 Å². The van der Waals surface area contributed by atoms with E-state index in [1.54, 1.807) is 10.8 Å². The van der Waals surface area contributed by atoms with Crippen LogP contribution in [0.5, 0.6) is 0 Å². The van der Waals surface area contributed by atoms with Gasteiger partial charge in [-0.1, -0.05) is 12.5 Å². The lowest BCUT2D eigenvalue weighted by molar-refractivity contribution is 0.256. The lowest BCUT2D eigenvalue weighted by atomic mass is 9.85. The van der Waals surface area contributed by atoms with Gasteiger partial charge in [0.2, 0.25) is 0 Å². The van der Waals surface area contributed by atoms with Crippen molar-refractivity contribution in [2.75, 3.05) is 13.1 Å². The molecule has 136 valence electrons. The first-order valence-electron chi connectivity index (χ1n) is 9.52. The Labute approximate surface area is 151 Å². The standard InChI is InChI=1S/C19H23N5O2/c25-18-19(26)24(9-13-3-1-4-13)21-17-16-12-22(10-15(16)11-23(17)18)8-14-5-2-6-20-7-14/h2,5-7,13,15-16H,1,3-4,8-12H2. The molecule has 0 bridgehead atoms. The number of likely N-dealkylation sites (tertiary alicyclic amines) is 1. The molecule has 4 heterocycles. The molecule has 1 aliphatic carbocycles. The number of rotatable bonds is 4. The van der Waals surface area contributed by atoms with Crippen LogP contribution in [-0.2, 0) is 19.6 Å². The zero-order valence-corrected chi connectivity index (χ0v) is 14.8. The maximum atomic E-state index is 12.5. The fraction of sp³-hybridized carbons (Fsp3) is 0.579. The number of hydrogen-bond donors (Lipinski definition) is 0. The summed E-state index contributed by atoms with van der Waals surface area (Å²) in [6.07, 6.45) is 7.18. The second-order valence-electron chi connectivity index (χ2n) is 7.98. The van der Waals surface area contributed by atoms with E-state index < -0.39 is 5.56 Å². The Bertz CT molecular complexity index is 931. The number of pyridine rings is 1. The molecule has 7 heteroatoms. The van der Waals surface area contributed by atoms with Crippen LogP contribution in [0.15, 0.2) is 34.1 Å². The third kappa shape index (κ3) is 2.61. The van der Waals surface area contributed by atoms with E-state index in [0.717, 1.165) is 38.3 Å². The Morgan fingerprint density at radius 1 is 1.12 bits per heavy atom. The van der Waals surface area contributed by atoms with Crippen LogP contribution in [0.2, 0.25) is 0 Å². The van der Waals surface area contributed by atoms with E-state index in [9.17, 15) is 9.59 Å². The quantitative estimate of drug-likeness (QED) is 0.761. The lowest BCUT2D eigenvalue weighted by Crippen LogP contribution is -2.45. The van der Waals surface area contributed by atoms with Crippen LogP contribution in [0.25, 0.3) is 0 Å². The van der Waals surface area contributed by atoms with E-state index in [1.165, 1.54) is 16.7 Å². The topological polar surface area (TPSA) is 73.0 Å². The molecule has 2 aliphatic heterocycles. The Balaban J connectivity index is 1.40. The van der Waals surface area contributed by atoms with Crippen molar-refractivity contribution in [1.29, 1.82) is 0 Å². The maximum absolute atomic E-state index is 12.5. The van der Waals surface area contributed by atoms with Crippen molar-refractivity contribution >= 4 is 0 Å². The van der Waals surface area contributed by atoms with Crippen molar-refractivity contribution in [1.82, 2.24) is 24.2 Å². The third-order valence-electron chi connectivity index (χ3n) is 6.21. The SMILES string of the molecule is O=c1c(=O)n2c(nn1CC1CCC1)C1CN(Cc3cccnc3)CC1C2. The molecule has 3 aliphatic rings. The lowest BCUT2D eigenvalue weighted by Gasteiger charge is -2.25. The first-order chi connectivity index (χ1) is 12.7. The van der Waals surface area contributed by atoms with E-state index in [-0.39, 0.29) is 11.5 Å². The highest BCUT2D eigenvalue weighted by atomic mass is 16.2. The molecule has 0 amide bonds. The van der Waals surface area contributed by atoms with Gasteiger partial charge in [-0.25, -0.2) is 4.68 Å².